The summed E-state index contributed by atoms with van der Waals surface area (Å²) < 4.78 is 15.9. The van der Waals surface area contributed by atoms with E-state index in [1.54, 1.807) is 42.5 Å². The minimum atomic E-state index is -0.570. The number of nitrogens with one attached hydrogen (secondary N) is 1. The number of fused-ring (bicyclic) bond motifs is 1. The highest BCUT2D eigenvalue weighted by atomic mass is 16.5. The number of hydrogen-bond acceptors (Lipinski definition) is 6. The molecule has 0 bridgehead atoms. The quantitative estimate of drug-likeness (QED) is 0.519. The molecule has 7 heteroatoms. The Morgan fingerprint density at radius 1 is 1.07 bits per heavy atom. The second-order valence-electron chi connectivity index (χ2n) is 6.02. The fourth-order valence-electron chi connectivity index (χ4n) is 2.71. The van der Waals surface area contributed by atoms with E-state index in [0.717, 1.165) is 0 Å². The molecule has 7 nitrogen and oxygen atoms in total. The largest absolute Gasteiger partial charge is 0.494 e. The topological polar surface area (TPSA) is 94.8 Å². The molecule has 2 aromatic carbocycles. The molecule has 0 atom stereocenters. The molecule has 0 saturated heterocycles. The normalized spacial score (nSPS) is 10.5. The summed E-state index contributed by atoms with van der Waals surface area (Å²) in [6.45, 7) is 3.71. The number of carbonyl (C=O) groups is 2. The minimum Gasteiger partial charge on any atom is -0.494 e. The van der Waals surface area contributed by atoms with Gasteiger partial charge in [-0.15, -0.1) is 0 Å². The van der Waals surface area contributed by atoms with Crippen LogP contribution in [-0.4, -0.2) is 18.5 Å². The van der Waals surface area contributed by atoms with Crippen LogP contribution in [0.5, 0.6) is 5.75 Å². The molecular formula is C21H19NO6. The first-order valence-electron chi connectivity index (χ1n) is 8.70. The summed E-state index contributed by atoms with van der Waals surface area (Å²) in [7, 11) is 0. The molecule has 0 radical (unpaired) electrons. The van der Waals surface area contributed by atoms with Crippen molar-refractivity contribution in [1.29, 1.82) is 0 Å². The Kier molecular flexibility index (Phi) is 5.74. The van der Waals surface area contributed by atoms with E-state index < -0.39 is 11.6 Å². The second kappa shape index (κ2) is 8.39. The Hall–Kier alpha value is -3.61. The van der Waals surface area contributed by atoms with Crippen molar-refractivity contribution >= 4 is 28.5 Å². The Morgan fingerprint density at radius 3 is 2.50 bits per heavy atom. The molecule has 3 aromatic rings. The Bertz CT molecular complexity index is 1070. The third-order valence-corrected chi connectivity index (χ3v) is 3.91. The van der Waals surface area contributed by atoms with Gasteiger partial charge in [0.05, 0.1) is 12.2 Å². The number of rotatable bonds is 6. The highest BCUT2D eigenvalue weighted by Gasteiger charge is 2.12. The standard InChI is InChI=1S/C21H19NO6/c1-3-26-17-7-4-14(5-8-17)21(25)27-12-15-10-20(24)28-19-11-16(22-13(2)23)6-9-18(15)19/h4-11H,3,12H2,1-2H3,(H,22,23). The van der Waals surface area contributed by atoms with Gasteiger partial charge in [-0.2, -0.15) is 0 Å². The van der Waals surface area contributed by atoms with E-state index >= 15 is 0 Å². The van der Waals surface area contributed by atoms with Crippen molar-refractivity contribution in [3.8, 4) is 5.75 Å². The first-order valence-corrected chi connectivity index (χ1v) is 8.70. The summed E-state index contributed by atoms with van der Waals surface area (Å²) >= 11 is 0. The number of hydrogen-bond donors (Lipinski definition) is 1. The molecular weight excluding hydrogens is 362 g/mol. The summed E-state index contributed by atoms with van der Waals surface area (Å²) in [6.07, 6.45) is 0. The molecule has 3 rings (SSSR count). The number of carbonyl (C=O) groups excluding carboxylic acids is 2. The van der Waals surface area contributed by atoms with E-state index in [-0.39, 0.29) is 12.5 Å². The van der Waals surface area contributed by atoms with Gasteiger partial charge in [-0.1, -0.05) is 0 Å². The minimum absolute atomic E-state index is 0.0897. The van der Waals surface area contributed by atoms with Gasteiger partial charge in [0.25, 0.3) is 0 Å². The zero-order valence-electron chi connectivity index (χ0n) is 15.5. The van der Waals surface area contributed by atoms with Crippen molar-refractivity contribution in [2.75, 3.05) is 11.9 Å². The van der Waals surface area contributed by atoms with Gasteiger partial charge in [0.15, 0.2) is 0 Å². The Morgan fingerprint density at radius 2 is 1.82 bits per heavy atom. The van der Waals surface area contributed by atoms with E-state index in [1.165, 1.54) is 13.0 Å². The van der Waals surface area contributed by atoms with Gasteiger partial charge in [-0.05, 0) is 43.3 Å². The zero-order valence-corrected chi connectivity index (χ0v) is 15.5. The molecule has 0 fully saturated rings. The first-order chi connectivity index (χ1) is 13.5. The van der Waals surface area contributed by atoms with Crippen LogP contribution < -0.4 is 15.7 Å². The van der Waals surface area contributed by atoms with Crippen LogP contribution in [0.25, 0.3) is 11.0 Å². The fraction of sp³-hybridized carbons (Fsp3) is 0.190. The highest BCUT2D eigenvalue weighted by Crippen LogP contribution is 2.22. The molecule has 0 aliphatic carbocycles. The average molecular weight is 381 g/mol. The number of amides is 1. The number of benzene rings is 2. The van der Waals surface area contributed by atoms with Gasteiger partial charge >= 0.3 is 11.6 Å². The summed E-state index contributed by atoms with van der Waals surface area (Å²) in [5.74, 6) is -0.0814. The summed E-state index contributed by atoms with van der Waals surface area (Å²) in [5.41, 5.74) is 1.13. The van der Waals surface area contributed by atoms with Crippen molar-refractivity contribution < 1.29 is 23.5 Å². The molecule has 1 aromatic heterocycles. The first kappa shape index (κ1) is 19.2. The van der Waals surface area contributed by atoms with E-state index in [1.807, 2.05) is 6.92 Å². The van der Waals surface area contributed by atoms with E-state index in [0.29, 0.717) is 40.1 Å². The molecule has 1 heterocycles. The lowest BCUT2D eigenvalue weighted by molar-refractivity contribution is -0.114. The van der Waals surface area contributed by atoms with Gasteiger partial charge in [0, 0.05) is 35.7 Å². The average Bonchev–Trinajstić information content (AvgIpc) is 2.66. The van der Waals surface area contributed by atoms with Crippen molar-refractivity contribution in [3.63, 3.8) is 0 Å². The highest BCUT2D eigenvalue weighted by molar-refractivity contribution is 5.92. The number of ether oxygens (including phenoxy) is 2. The summed E-state index contributed by atoms with van der Waals surface area (Å²) in [5, 5.41) is 3.24. The maximum Gasteiger partial charge on any atom is 0.338 e. The molecule has 1 N–H and O–H groups in total. The van der Waals surface area contributed by atoms with E-state index in [2.05, 4.69) is 5.32 Å². The van der Waals surface area contributed by atoms with Crippen molar-refractivity contribution in [2.24, 2.45) is 0 Å². The lowest BCUT2D eigenvalue weighted by Crippen LogP contribution is -2.09. The van der Waals surface area contributed by atoms with Gasteiger partial charge < -0.3 is 19.2 Å². The Labute approximate surface area is 160 Å². The van der Waals surface area contributed by atoms with Crippen LogP contribution in [0.15, 0.2) is 57.7 Å². The smallest absolute Gasteiger partial charge is 0.338 e. The maximum absolute atomic E-state index is 12.3. The van der Waals surface area contributed by atoms with Crippen LogP contribution in [0.1, 0.15) is 29.8 Å². The number of esters is 1. The molecule has 0 saturated carbocycles. The van der Waals surface area contributed by atoms with Gasteiger partial charge in [-0.25, -0.2) is 9.59 Å². The molecule has 0 unspecified atom stereocenters. The molecule has 0 aliphatic rings. The predicted octanol–water partition coefficient (Wildman–Crippen LogP) is 3.51. The number of anilines is 1. The monoisotopic (exact) mass is 381 g/mol. The SMILES string of the molecule is CCOc1ccc(C(=O)OCc2cc(=O)oc3cc(NC(C)=O)ccc23)cc1. The molecule has 0 spiro atoms. The summed E-state index contributed by atoms with van der Waals surface area (Å²) in [4.78, 5) is 35.3. The van der Waals surface area contributed by atoms with Crippen LogP contribution in [0.3, 0.4) is 0 Å². The van der Waals surface area contributed by atoms with Crippen molar-refractivity contribution in [1.82, 2.24) is 0 Å². The molecule has 0 aliphatic heterocycles. The van der Waals surface area contributed by atoms with Crippen LogP contribution in [-0.2, 0) is 16.1 Å². The van der Waals surface area contributed by atoms with Crippen LogP contribution in [0.2, 0.25) is 0 Å². The van der Waals surface area contributed by atoms with Crippen LogP contribution in [0.4, 0.5) is 5.69 Å². The van der Waals surface area contributed by atoms with Crippen LogP contribution >= 0.6 is 0 Å². The maximum atomic E-state index is 12.3. The molecule has 1 amide bonds. The van der Waals surface area contributed by atoms with E-state index in [9.17, 15) is 14.4 Å². The lowest BCUT2D eigenvalue weighted by atomic mass is 10.1. The summed E-state index contributed by atoms with van der Waals surface area (Å²) in [6, 6.07) is 12.8. The third kappa shape index (κ3) is 4.56. The molecule has 144 valence electrons. The second-order valence-corrected chi connectivity index (χ2v) is 6.02. The van der Waals surface area contributed by atoms with Crippen molar-refractivity contribution in [3.05, 3.63) is 70.1 Å². The zero-order chi connectivity index (χ0) is 20.1. The van der Waals surface area contributed by atoms with E-state index in [4.69, 9.17) is 13.9 Å². The van der Waals surface area contributed by atoms with Crippen LogP contribution in [0, 0.1) is 0 Å². The Balaban J connectivity index is 1.78. The predicted molar refractivity (Wildman–Crippen MR) is 104 cm³/mol. The lowest BCUT2D eigenvalue weighted by Gasteiger charge is -2.09. The van der Waals surface area contributed by atoms with Crippen molar-refractivity contribution in [2.45, 2.75) is 20.5 Å². The third-order valence-electron chi connectivity index (χ3n) is 3.91. The van der Waals surface area contributed by atoms with Gasteiger partial charge in [0.1, 0.15) is 17.9 Å². The fourth-order valence-corrected chi connectivity index (χ4v) is 2.71. The molecule has 28 heavy (non-hydrogen) atoms. The van der Waals surface area contributed by atoms with Gasteiger partial charge in [0.2, 0.25) is 5.91 Å². The van der Waals surface area contributed by atoms with Gasteiger partial charge in [-0.3, -0.25) is 4.79 Å².